The maximum Gasteiger partial charge on any atom is 0.269 e. The number of hydrogen-bond acceptors (Lipinski definition) is 5. The third-order valence-electron chi connectivity index (χ3n) is 5.67. The van der Waals surface area contributed by atoms with Gasteiger partial charge in [0.15, 0.2) is 0 Å². The first-order valence-electron chi connectivity index (χ1n) is 10.9. The lowest BCUT2D eigenvalue weighted by atomic mass is 10.2. The van der Waals surface area contributed by atoms with Crippen LogP contribution in [0.5, 0.6) is 5.75 Å². The van der Waals surface area contributed by atoms with E-state index < -0.39 is 0 Å². The average molecular weight is 407 g/mol. The van der Waals surface area contributed by atoms with Crippen LogP contribution in [0.2, 0.25) is 0 Å². The molecule has 1 saturated heterocycles. The molecule has 0 radical (unpaired) electrons. The molecule has 4 rings (SSSR count). The molecule has 2 heterocycles. The molecule has 1 aromatic heterocycles. The van der Waals surface area contributed by atoms with Crippen LogP contribution in [0.4, 0.5) is 0 Å². The van der Waals surface area contributed by atoms with Gasteiger partial charge in [0.25, 0.3) is 5.56 Å². The van der Waals surface area contributed by atoms with Crippen LogP contribution in [0.15, 0.2) is 53.3 Å². The maximum atomic E-state index is 13.6. The Morgan fingerprint density at radius 1 is 1.03 bits per heavy atom. The van der Waals surface area contributed by atoms with Crippen molar-refractivity contribution in [1.29, 1.82) is 0 Å². The highest BCUT2D eigenvalue weighted by atomic mass is 16.5. The Hall–Kier alpha value is -2.70. The number of hydrogen-bond donors (Lipinski definition) is 1. The largest absolute Gasteiger partial charge is 0.491 e. The summed E-state index contributed by atoms with van der Waals surface area (Å²) in [7, 11) is 0. The third-order valence-corrected chi connectivity index (χ3v) is 5.67. The van der Waals surface area contributed by atoms with E-state index in [0.717, 1.165) is 25.3 Å². The van der Waals surface area contributed by atoms with Gasteiger partial charge in [-0.2, -0.15) is 0 Å². The predicted molar refractivity (Wildman–Crippen MR) is 120 cm³/mol. The smallest absolute Gasteiger partial charge is 0.269 e. The second kappa shape index (κ2) is 9.41. The molecule has 1 aliphatic heterocycles. The lowest BCUT2D eigenvalue weighted by Crippen LogP contribution is -2.30. The van der Waals surface area contributed by atoms with Crippen LogP contribution in [-0.2, 0) is 0 Å². The molecule has 0 bridgehead atoms. The molecule has 1 atom stereocenters. The zero-order valence-corrected chi connectivity index (χ0v) is 17.6. The van der Waals surface area contributed by atoms with E-state index in [4.69, 9.17) is 15.5 Å². The van der Waals surface area contributed by atoms with Gasteiger partial charge in [-0.25, -0.2) is 4.98 Å². The standard InChI is InChI=1S/C24H30N4O2/c1-18(25)23-26-20-12-9-13-21(30-17-16-27-14-7-2-3-8-15-27)22(20)24(29)28(23)19-10-5-4-6-11-19/h4-6,9-13,18H,2-3,7-8,14-17,25H2,1H3. The number of fused-ring (bicyclic) bond motifs is 1. The van der Waals surface area contributed by atoms with Crippen molar-refractivity contribution in [3.8, 4) is 11.4 Å². The van der Waals surface area contributed by atoms with E-state index >= 15 is 0 Å². The summed E-state index contributed by atoms with van der Waals surface area (Å²) in [5.74, 6) is 1.13. The van der Waals surface area contributed by atoms with Gasteiger partial charge in [0.05, 0.1) is 17.2 Å². The molecule has 0 spiro atoms. The minimum absolute atomic E-state index is 0.149. The number of likely N-dealkylation sites (tertiary alicyclic amines) is 1. The van der Waals surface area contributed by atoms with Crippen molar-refractivity contribution in [3.05, 3.63) is 64.7 Å². The summed E-state index contributed by atoms with van der Waals surface area (Å²) in [6.45, 7) is 5.51. The van der Waals surface area contributed by atoms with E-state index in [9.17, 15) is 4.79 Å². The third kappa shape index (κ3) is 4.40. The van der Waals surface area contributed by atoms with Gasteiger partial charge in [-0.3, -0.25) is 14.3 Å². The number of rotatable bonds is 6. The van der Waals surface area contributed by atoms with E-state index in [1.54, 1.807) is 4.57 Å². The van der Waals surface area contributed by atoms with Crippen LogP contribution in [0.3, 0.4) is 0 Å². The van der Waals surface area contributed by atoms with Crippen molar-refractivity contribution in [3.63, 3.8) is 0 Å². The van der Waals surface area contributed by atoms with Crippen LogP contribution in [-0.4, -0.2) is 40.7 Å². The Labute approximate surface area is 177 Å². The Balaban J connectivity index is 1.68. The SMILES string of the molecule is CC(N)c1nc2cccc(OCCN3CCCCCC3)c2c(=O)n1-c1ccccc1. The Bertz CT molecular complexity index is 1040. The first kappa shape index (κ1) is 20.6. The molecule has 1 unspecified atom stereocenters. The zero-order valence-electron chi connectivity index (χ0n) is 17.6. The van der Waals surface area contributed by atoms with Crippen molar-refractivity contribution >= 4 is 10.9 Å². The fourth-order valence-electron chi connectivity index (χ4n) is 4.11. The van der Waals surface area contributed by atoms with E-state index in [2.05, 4.69) is 4.90 Å². The molecule has 2 N–H and O–H groups in total. The number of nitrogens with zero attached hydrogens (tertiary/aromatic N) is 3. The molecular weight excluding hydrogens is 376 g/mol. The summed E-state index contributed by atoms with van der Waals surface area (Å²) < 4.78 is 7.71. The molecule has 1 aliphatic rings. The Kier molecular flexibility index (Phi) is 6.45. The summed E-state index contributed by atoms with van der Waals surface area (Å²) in [4.78, 5) is 20.7. The molecule has 0 aliphatic carbocycles. The van der Waals surface area contributed by atoms with Gasteiger partial charge in [0.2, 0.25) is 0 Å². The number of aromatic nitrogens is 2. The number of nitrogens with two attached hydrogens (primary N) is 1. The van der Waals surface area contributed by atoms with Gasteiger partial charge in [-0.1, -0.05) is 37.1 Å². The highest BCUT2D eigenvalue weighted by molar-refractivity contribution is 5.84. The van der Waals surface area contributed by atoms with E-state index in [-0.39, 0.29) is 11.6 Å². The van der Waals surface area contributed by atoms with Crippen molar-refractivity contribution < 1.29 is 4.74 Å². The summed E-state index contributed by atoms with van der Waals surface area (Å²) in [6.07, 6.45) is 5.13. The van der Waals surface area contributed by atoms with E-state index in [0.29, 0.717) is 29.1 Å². The lowest BCUT2D eigenvalue weighted by Gasteiger charge is -2.20. The highest BCUT2D eigenvalue weighted by Crippen LogP contribution is 2.24. The van der Waals surface area contributed by atoms with Crippen LogP contribution >= 0.6 is 0 Å². The van der Waals surface area contributed by atoms with Gasteiger partial charge in [0, 0.05) is 6.54 Å². The second-order valence-electron chi connectivity index (χ2n) is 7.99. The Morgan fingerprint density at radius 3 is 2.47 bits per heavy atom. The van der Waals surface area contributed by atoms with Crippen LogP contribution in [0.1, 0.15) is 44.5 Å². The molecule has 3 aromatic rings. The normalized spacial score (nSPS) is 16.3. The number of para-hydroxylation sites is 1. The fraction of sp³-hybridized carbons (Fsp3) is 0.417. The predicted octanol–water partition coefficient (Wildman–Crippen LogP) is 3.66. The summed E-state index contributed by atoms with van der Waals surface area (Å²) >= 11 is 0. The molecule has 2 aromatic carbocycles. The van der Waals surface area contributed by atoms with E-state index in [1.165, 1.54) is 25.7 Å². The van der Waals surface area contributed by atoms with Gasteiger partial charge in [-0.05, 0) is 57.1 Å². The first-order chi connectivity index (χ1) is 14.6. The minimum atomic E-state index is -0.380. The average Bonchev–Trinajstić information content (AvgIpc) is 3.03. The van der Waals surface area contributed by atoms with Crippen molar-refractivity contribution in [1.82, 2.24) is 14.5 Å². The molecule has 30 heavy (non-hydrogen) atoms. The van der Waals surface area contributed by atoms with E-state index in [1.807, 2.05) is 55.5 Å². The van der Waals surface area contributed by atoms with Crippen LogP contribution in [0, 0.1) is 0 Å². The number of ether oxygens (including phenoxy) is 1. The lowest BCUT2D eigenvalue weighted by molar-refractivity contribution is 0.215. The van der Waals surface area contributed by atoms with Gasteiger partial charge >= 0.3 is 0 Å². The maximum absolute atomic E-state index is 13.6. The molecule has 1 fully saturated rings. The van der Waals surface area contributed by atoms with Crippen molar-refractivity contribution in [2.45, 2.75) is 38.6 Å². The highest BCUT2D eigenvalue weighted by Gasteiger charge is 2.18. The summed E-state index contributed by atoms with van der Waals surface area (Å²) in [6, 6.07) is 14.7. The van der Waals surface area contributed by atoms with Gasteiger partial charge < -0.3 is 10.5 Å². The second-order valence-corrected chi connectivity index (χ2v) is 7.99. The van der Waals surface area contributed by atoms with Gasteiger partial charge in [0.1, 0.15) is 23.6 Å². The van der Waals surface area contributed by atoms with Crippen molar-refractivity contribution in [2.24, 2.45) is 5.73 Å². The summed E-state index contributed by atoms with van der Waals surface area (Å²) in [5.41, 5.74) is 7.39. The van der Waals surface area contributed by atoms with Crippen LogP contribution in [0.25, 0.3) is 16.6 Å². The van der Waals surface area contributed by atoms with Crippen molar-refractivity contribution in [2.75, 3.05) is 26.2 Å². The number of benzene rings is 2. The molecule has 6 nitrogen and oxygen atoms in total. The molecule has 0 amide bonds. The van der Waals surface area contributed by atoms with Gasteiger partial charge in [-0.15, -0.1) is 0 Å². The quantitative estimate of drug-likeness (QED) is 0.676. The molecule has 6 heteroatoms. The molecule has 0 saturated carbocycles. The van der Waals surface area contributed by atoms with Crippen LogP contribution < -0.4 is 16.0 Å². The topological polar surface area (TPSA) is 73.4 Å². The molecule has 158 valence electrons. The molecular formula is C24H30N4O2. The minimum Gasteiger partial charge on any atom is -0.491 e. The Morgan fingerprint density at radius 2 is 1.77 bits per heavy atom. The fourth-order valence-corrected chi connectivity index (χ4v) is 4.11. The monoisotopic (exact) mass is 406 g/mol. The summed E-state index contributed by atoms with van der Waals surface area (Å²) in [5, 5.41) is 0.501. The zero-order chi connectivity index (χ0) is 20.9. The first-order valence-corrected chi connectivity index (χ1v) is 10.9.